The predicted octanol–water partition coefficient (Wildman–Crippen LogP) is 2.93. The Kier molecular flexibility index (Phi) is 13.7. The van der Waals surface area contributed by atoms with E-state index in [2.05, 4.69) is 27.9 Å². The molecule has 0 fully saturated rings. The van der Waals surface area contributed by atoms with E-state index in [1.165, 1.54) is 0 Å². The average molecular weight is 679 g/mol. The van der Waals surface area contributed by atoms with Crippen LogP contribution in [0.4, 0.5) is 26.3 Å². The van der Waals surface area contributed by atoms with E-state index in [4.69, 9.17) is 46.8 Å². The summed E-state index contributed by atoms with van der Waals surface area (Å²) >= 11 is 2.13. The van der Waals surface area contributed by atoms with Crippen molar-refractivity contribution < 1.29 is 55.7 Å². The Morgan fingerprint density at radius 2 is 1.21 bits per heavy atom. The Morgan fingerprint density at radius 3 is 1.59 bits per heavy atom. The Labute approximate surface area is 229 Å². The zero-order chi connectivity index (χ0) is 30.6. The largest absolute Gasteiger partial charge is 0.491 e. The number of nitrogen functional groups attached to an aromatic ring is 2. The highest BCUT2D eigenvalue weighted by Crippen LogP contribution is 2.22. The molecule has 0 heterocycles. The zero-order valence-electron chi connectivity index (χ0n) is 19.3. The molecule has 0 aliphatic carbocycles. The van der Waals surface area contributed by atoms with Crippen molar-refractivity contribution in [2.45, 2.75) is 12.4 Å². The minimum Gasteiger partial charge on any atom is -0.491 e. The minimum atomic E-state index is -5.08. The number of benzene rings is 2. The maximum atomic E-state index is 12.0. The number of alkyl halides is 6. The first-order chi connectivity index (χ1) is 17.8. The van der Waals surface area contributed by atoms with Crippen molar-refractivity contribution in [2.75, 3.05) is 13.2 Å². The van der Waals surface area contributed by atoms with Crippen molar-refractivity contribution in [3.05, 3.63) is 62.7 Å². The van der Waals surface area contributed by atoms with Crippen molar-refractivity contribution in [3.8, 4) is 5.75 Å². The first kappa shape index (κ1) is 34.9. The number of carboxylic acids is 2. The van der Waals surface area contributed by atoms with Gasteiger partial charge in [0.2, 0.25) is 0 Å². The first-order valence-corrected chi connectivity index (χ1v) is 10.9. The molecule has 18 heteroatoms. The van der Waals surface area contributed by atoms with Gasteiger partial charge in [-0.1, -0.05) is 12.1 Å². The fraction of sp³-hybridized carbons (Fsp3) is 0.190. The van der Waals surface area contributed by atoms with Gasteiger partial charge in [-0.25, -0.2) is 9.59 Å². The number of rotatable bonds is 7. The molecular weight excluding hydrogens is 659 g/mol. The van der Waals surface area contributed by atoms with Crippen LogP contribution in [0.2, 0.25) is 0 Å². The van der Waals surface area contributed by atoms with E-state index in [9.17, 15) is 31.1 Å². The lowest BCUT2D eigenvalue weighted by molar-refractivity contribution is -0.193. The summed E-state index contributed by atoms with van der Waals surface area (Å²) in [5.41, 5.74) is 12.5. The molecule has 1 amide bonds. The number of nitrogens with two attached hydrogens (primary N) is 2. The molecule has 39 heavy (non-hydrogen) atoms. The number of amides is 1. The number of hydrogen-bond acceptors (Lipinski definition) is 6. The van der Waals surface area contributed by atoms with E-state index in [1.54, 1.807) is 36.4 Å². The van der Waals surface area contributed by atoms with Crippen molar-refractivity contribution in [1.29, 1.82) is 10.8 Å². The summed E-state index contributed by atoms with van der Waals surface area (Å²) in [6.45, 7) is 0.613. The molecule has 0 bridgehead atoms. The molecule has 0 aliphatic heterocycles. The smallest absolute Gasteiger partial charge is 0.490 e. The molecule has 0 aliphatic rings. The van der Waals surface area contributed by atoms with Gasteiger partial charge in [-0.05, 0) is 52.9 Å². The molecule has 0 atom stereocenters. The SMILES string of the molecule is N=C(N)c1ccc(C(=O)NCCOc2cc(C(=N)N)ccc2I)cc1.O=C(O)C(F)(F)F.O=C(O)C(F)(F)F. The van der Waals surface area contributed by atoms with Crippen LogP contribution in [-0.2, 0) is 9.59 Å². The molecule has 2 rings (SSSR count). The second kappa shape index (κ2) is 15.3. The van der Waals surface area contributed by atoms with Crippen LogP contribution < -0.4 is 21.5 Å². The van der Waals surface area contributed by atoms with Crippen LogP contribution in [0, 0.1) is 14.4 Å². The lowest BCUT2D eigenvalue weighted by Crippen LogP contribution is -2.28. The third-order valence-corrected chi connectivity index (χ3v) is 4.72. The molecular formula is C21H20F6IN5O6. The van der Waals surface area contributed by atoms with Crippen molar-refractivity contribution in [1.82, 2.24) is 5.32 Å². The van der Waals surface area contributed by atoms with Gasteiger partial charge in [0, 0.05) is 16.7 Å². The van der Waals surface area contributed by atoms with Crippen LogP contribution >= 0.6 is 22.6 Å². The fourth-order valence-electron chi connectivity index (χ4n) is 2.01. The van der Waals surface area contributed by atoms with E-state index in [1.807, 2.05) is 6.07 Å². The van der Waals surface area contributed by atoms with Crippen LogP contribution in [0.15, 0.2) is 42.5 Å². The van der Waals surface area contributed by atoms with Gasteiger partial charge < -0.3 is 31.7 Å². The maximum Gasteiger partial charge on any atom is 0.490 e. The standard InChI is InChI=1S/C17H18IN5O2.2C2HF3O2/c18-13-6-5-12(16(21)22)9-14(13)25-8-7-23-17(24)11-3-1-10(2-4-11)15(19)20;2*3-2(4,5)1(6)7/h1-6,9H,7-8H2,(H3,19,20)(H3,21,22)(H,23,24);2*(H,6,7). The topological polar surface area (TPSA) is 213 Å². The summed E-state index contributed by atoms with van der Waals surface area (Å²) in [5, 5.41) is 31.8. The van der Waals surface area contributed by atoms with Gasteiger partial charge in [0.15, 0.2) is 0 Å². The van der Waals surface area contributed by atoms with Gasteiger partial charge in [0.25, 0.3) is 5.91 Å². The van der Waals surface area contributed by atoms with E-state index < -0.39 is 24.3 Å². The summed E-state index contributed by atoms with van der Waals surface area (Å²) in [4.78, 5) is 29.8. The molecule has 9 N–H and O–H groups in total. The van der Waals surface area contributed by atoms with Gasteiger partial charge >= 0.3 is 24.3 Å². The lowest BCUT2D eigenvalue weighted by Gasteiger charge is -2.11. The van der Waals surface area contributed by atoms with Crippen LogP contribution in [0.25, 0.3) is 0 Å². The van der Waals surface area contributed by atoms with Crippen molar-refractivity contribution in [2.24, 2.45) is 11.5 Å². The maximum absolute atomic E-state index is 12.0. The number of carbonyl (C=O) groups excluding carboxylic acids is 1. The number of ether oxygens (including phenoxy) is 1. The highest BCUT2D eigenvalue weighted by atomic mass is 127. The molecule has 2 aromatic carbocycles. The van der Waals surface area contributed by atoms with E-state index in [0.717, 1.165) is 3.57 Å². The molecule has 0 saturated heterocycles. The minimum absolute atomic E-state index is 0.0245. The highest BCUT2D eigenvalue weighted by Gasteiger charge is 2.38. The Hall–Kier alpha value is -4.10. The number of halogens is 7. The third kappa shape index (κ3) is 13.9. The molecule has 0 radical (unpaired) electrons. The van der Waals surface area contributed by atoms with Crippen LogP contribution in [0.5, 0.6) is 5.75 Å². The number of carbonyl (C=O) groups is 3. The van der Waals surface area contributed by atoms with Crippen LogP contribution in [-0.4, -0.2) is 65.2 Å². The van der Waals surface area contributed by atoms with Gasteiger partial charge in [-0.3, -0.25) is 15.6 Å². The summed E-state index contributed by atoms with van der Waals surface area (Å²) in [6, 6.07) is 11.8. The second-order valence-corrected chi connectivity index (χ2v) is 7.92. The third-order valence-electron chi connectivity index (χ3n) is 3.83. The number of carboxylic acid groups (broad SMARTS) is 2. The van der Waals surface area contributed by atoms with Crippen molar-refractivity contribution >= 4 is 52.1 Å². The Bertz CT molecular complexity index is 1170. The number of nitrogens with one attached hydrogen (secondary N) is 3. The first-order valence-electron chi connectivity index (χ1n) is 9.87. The van der Waals surface area contributed by atoms with Gasteiger partial charge in [-0.15, -0.1) is 0 Å². The van der Waals surface area contributed by atoms with Gasteiger partial charge in [-0.2, -0.15) is 26.3 Å². The molecule has 2 aromatic rings. The number of aliphatic carboxylic acids is 2. The quantitative estimate of drug-likeness (QED) is 0.0758. The summed E-state index contributed by atoms with van der Waals surface area (Å²) in [6.07, 6.45) is -10.2. The highest BCUT2D eigenvalue weighted by molar-refractivity contribution is 14.1. The summed E-state index contributed by atoms with van der Waals surface area (Å²) < 4.78 is 70.0. The fourth-order valence-corrected chi connectivity index (χ4v) is 2.50. The van der Waals surface area contributed by atoms with E-state index >= 15 is 0 Å². The Morgan fingerprint density at radius 1 is 0.821 bits per heavy atom. The normalized spacial score (nSPS) is 10.5. The summed E-state index contributed by atoms with van der Waals surface area (Å²) in [7, 11) is 0. The average Bonchev–Trinajstić information content (AvgIpc) is 2.82. The number of hydrogen-bond donors (Lipinski definition) is 7. The molecule has 0 aromatic heterocycles. The molecule has 0 spiro atoms. The molecule has 0 saturated carbocycles. The summed E-state index contributed by atoms with van der Waals surface area (Å²) in [5.74, 6) is -5.19. The van der Waals surface area contributed by atoms with E-state index in [-0.39, 0.29) is 24.2 Å². The molecule has 11 nitrogen and oxygen atoms in total. The zero-order valence-corrected chi connectivity index (χ0v) is 21.4. The van der Waals surface area contributed by atoms with Gasteiger partial charge in [0.1, 0.15) is 24.0 Å². The van der Waals surface area contributed by atoms with Crippen LogP contribution in [0.1, 0.15) is 21.5 Å². The number of amidine groups is 2. The van der Waals surface area contributed by atoms with E-state index in [0.29, 0.717) is 29.0 Å². The molecule has 214 valence electrons. The lowest BCUT2D eigenvalue weighted by atomic mass is 10.1. The monoisotopic (exact) mass is 679 g/mol. The predicted molar refractivity (Wildman–Crippen MR) is 133 cm³/mol. The van der Waals surface area contributed by atoms with Crippen LogP contribution in [0.3, 0.4) is 0 Å². The van der Waals surface area contributed by atoms with Gasteiger partial charge in [0.05, 0.1) is 10.1 Å². The van der Waals surface area contributed by atoms with Crippen molar-refractivity contribution in [3.63, 3.8) is 0 Å². The second-order valence-electron chi connectivity index (χ2n) is 6.76. The molecule has 0 unspecified atom stereocenters. The Balaban J connectivity index is 0.000000848.